The Balaban J connectivity index is 1.36. The van der Waals surface area contributed by atoms with Gasteiger partial charge in [-0.15, -0.1) is 21.5 Å². The van der Waals surface area contributed by atoms with E-state index in [-0.39, 0.29) is 0 Å². The Morgan fingerprint density at radius 3 is 2.63 bits per heavy atom. The number of nitrogens with two attached hydrogens (primary N) is 1. The second kappa shape index (κ2) is 8.95. The molecule has 0 aliphatic carbocycles. The number of primary amides is 1. The summed E-state index contributed by atoms with van der Waals surface area (Å²) in [5.41, 5.74) is 11.3. The molecule has 4 rings (SSSR count). The molecule has 0 saturated heterocycles. The lowest BCUT2D eigenvalue weighted by Crippen LogP contribution is -2.10. The van der Waals surface area contributed by atoms with E-state index < -0.39 is 5.91 Å². The van der Waals surface area contributed by atoms with Crippen LogP contribution in [-0.2, 0) is 5.75 Å². The van der Waals surface area contributed by atoms with Crippen molar-refractivity contribution < 1.29 is 4.79 Å². The fourth-order valence-electron chi connectivity index (χ4n) is 2.68. The molecule has 4 aromatic rings. The maximum absolute atomic E-state index is 11.2. The zero-order chi connectivity index (χ0) is 21.1. The average molecular weight is 454 g/mol. The average Bonchev–Trinajstić information content (AvgIpc) is 3.39. The van der Waals surface area contributed by atoms with Gasteiger partial charge in [0.1, 0.15) is 5.01 Å². The van der Waals surface area contributed by atoms with Crippen LogP contribution in [0.4, 0.5) is 10.8 Å². The Kier molecular flexibility index (Phi) is 6.12. The molecule has 0 atom stereocenters. The predicted octanol–water partition coefficient (Wildman–Crippen LogP) is 5.41. The Hall–Kier alpha value is -2.75. The number of anilines is 2. The van der Waals surface area contributed by atoms with Gasteiger partial charge in [0, 0.05) is 27.9 Å². The van der Waals surface area contributed by atoms with Crippen molar-refractivity contribution in [2.24, 2.45) is 5.73 Å². The van der Waals surface area contributed by atoms with E-state index in [1.807, 2.05) is 23.6 Å². The third kappa shape index (κ3) is 4.86. The maximum Gasteiger partial charge on any atom is 0.248 e. The van der Waals surface area contributed by atoms with E-state index in [9.17, 15) is 4.79 Å². The number of amides is 1. The van der Waals surface area contributed by atoms with Gasteiger partial charge in [0.15, 0.2) is 4.34 Å². The number of thioether (sulfide) groups is 1. The molecule has 6 nitrogen and oxygen atoms in total. The van der Waals surface area contributed by atoms with Crippen LogP contribution in [0.2, 0.25) is 0 Å². The molecule has 0 fully saturated rings. The van der Waals surface area contributed by atoms with E-state index in [1.165, 1.54) is 22.5 Å². The molecule has 2 aromatic carbocycles. The summed E-state index contributed by atoms with van der Waals surface area (Å²) in [5, 5.41) is 15.5. The molecule has 0 aliphatic rings. The van der Waals surface area contributed by atoms with Crippen molar-refractivity contribution >= 4 is 51.2 Å². The van der Waals surface area contributed by atoms with Gasteiger partial charge < -0.3 is 11.1 Å². The molecular weight excluding hydrogens is 434 g/mol. The molecule has 9 heteroatoms. The summed E-state index contributed by atoms with van der Waals surface area (Å²) in [6.45, 7) is 4.19. The second-order valence-corrected chi connectivity index (χ2v) is 9.73. The van der Waals surface area contributed by atoms with E-state index in [0.717, 1.165) is 31.4 Å². The molecule has 2 aromatic heterocycles. The smallest absolute Gasteiger partial charge is 0.248 e. The highest BCUT2D eigenvalue weighted by atomic mass is 32.2. The van der Waals surface area contributed by atoms with E-state index >= 15 is 0 Å². The van der Waals surface area contributed by atoms with Gasteiger partial charge in [0.2, 0.25) is 11.0 Å². The zero-order valence-corrected chi connectivity index (χ0v) is 18.8. The van der Waals surface area contributed by atoms with E-state index in [4.69, 9.17) is 5.73 Å². The Bertz CT molecular complexity index is 1180. The number of aryl methyl sites for hydroxylation is 2. The topological polar surface area (TPSA) is 93.8 Å². The molecule has 0 bridgehead atoms. The van der Waals surface area contributed by atoms with Gasteiger partial charge >= 0.3 is 0 Å². The minimum atomic E-state index is -0.429. The highest BCUT2D eigenvalue weighted by Crippen LogP contribution is 2.32. The molecule has 0 unspecified atom stereocenters. The van der Waals surface area contributed by atoms with Crippen LogP contribution in [0.25, 0.3) is 10.6 Å². The summed E-state index contributed by atoms with van der Waals surface area (Å²) in [7, 11) is 0. The largest absolute Gasteiger partial charge is 0.366 e. The number of nitrogens with zero attached hydrogens (tertiary/aromatic N) is 3. The first-order valence-corrected chi connectivity index (χ1v) is 11.8. The fraction of sp³-hybridized carbons (Fsp3) is 0.143. The predicted molar refractivity (Wildman–Crippen MR) is 125 cm³/mol. The van der Waals surface area contributed by atoms with Gasteiger partial charge in [-0.3, -0.25) is 4.79 Å². The van der Waals surface area contributed by atoms with Crippen molar-refractivity contribution in [1.29, 1.82) is 0 Å². The highest BCUT2D eigenvalue weighted by molar-refractivity contribution is 8.00. The minimum absolute atomic E-state index is 0.429. The lowest BCUT2D eigenvalue weighted by Gasteiger charge is -2.05. The molecular formula is C21H19N5OS3. The quantitative estimate of drug-likeness (QED) is 0.363. The zero-order valence-electron chi connectivity index (χ0n) is 16.4. The highest BCUT2D eigenvalue weighted by Gasteiger charge is 2.10. The second-order valence-electron chi connectivity index (χ2n) is 6.67. The Morgan fingerprint density at radius 1 is 1.10 bits per heavy atom. The number of carbonyl (C=O) groups is 1. The third-order valence-electron chi connectivity index (χ3n) is 4.48. The van der Waals surface area contributed by atoms with Crippen molar-refractivity contribution in [2.45, 2.75) is 23.9 Å². The molecule has 0 aliphatic heterocycles. The lowest BCUT2D eigenvalue weighted by atomic mass is 10.1. The number of hydrogen-bond donors (Lipinski definition) is 2. The van der Waals surface area contributed by atoms with Crippen LogP contribution in [0, 0.1) is 13.8 Å². The third-order valence-corrected chi connectivity index (χ3v) is 7.42. The summed E-state index contributed by atoms with van der Waals surface area (Å²) in [5.74, 6) is 0.287. The van der Waals surface area contributed by atoms with Crippen molar-refractivity contribution in [3.8, 4) is 10.6 Å². The molecule has 30 heavy (non-hydrogen) atoms. The molecule has 0 saturated carbocycles. The minimum Gasteiger partial charge on any atom is -0.366 e. The SMILES string of the molecule is Cc1ccc(Nc2nnc(SCc3csc(-c4ccc(C(N)=O)cc4)n3)s2)cc1C. The summed E-state index contributed by atoms with van der Waals surface area (Å²) in [6, 6.07) is 13.4. The number of aromatic nitrogens is 3. The molecule has 1 amide bonds. The van der Waals surface area contributed by atoms with Crippen LogP contribution in [0.3, 0.4) is 0 Å². The van der Waals surface area contributed by atoms with Crippen LogP contribution < -0.4 is 11.1 Å². The van der Waals surface area contributed by atoms with Crippen molar-refractivity contribution in [3.63, 3.8) is 0 Å². The van der Waals surface area contributed by atoms with E-state index in [2.05, 4.69) is 46.5 Å². The molecule has 152 valence electrons. The van der Waals surface area contributed by atoms with Gasteiger partial charge in [-0.25, -0.2) is 4.98 Å². The van der Waals surface area contributed by atoms with Crippen LogP contribution in [-0.4, -0.2) is 21.1 Å². The number of thiazole rings is 1. The van der Waals surface area contributed by atoms with Gasteiger partial charge in [-0.1, -0.05) is 41.3 Å². The molecule has 3 N–H and O–H groups in total. The van der Waals surface area contributed by atoms with Crippen LogP contribution in [0.15, 0.2) is 52.2 Å². The summed E-state index contributed by atoms with van der Waals surface area (Å²) >= 11 is 4.72. The molecule has 0 radical (unpaired) electrons. The fourth-order valence-corrected chi connectivity index (χ4v) is 5.28. The first-order chi connectivity index (χ1) is 14.5. The number of hydrogen-bond acceptors (Lipinski definition) is 8. The summed E-state index contributed by atoms with van der Waals surface area (Å²) < 4.78 is 0.890. The van der Waals surface area contributed by atoms with Gasteiger partial charge in [0.05, 0.1) is 5.69 Å². The lowest BCUT2D eigenvalue weighted by molar-refractivity contribution is 0.100. The van der Waals surface area contributed by atoms with Gasteiger partial charge in [0.25, 0.3) is 0 Å². The first kappa shape index (κ1) is 20.5. The monoisotopic (exact) mass is 453 g/mol. The Morgan fingerprint density at radius 2 is 1.90 bits per heavy atom. The van der Waals surface area contributed by atoms with Crippen LogP contribution in [0.5, 0.6) is 0 Å². The Labute approximate surface area is 186 Å². The maximum atomic E-state index is 11.2. The van der Waals surface area contributed by atoms with E-state index in [0.29, 0.717) is 11.3 Å². The normalized spacial score (nSPS) is 10.9. The van der Waals surface area contributed by atoms with Crippen molar-refractivity contribution in [2.75, 3.05) is 5.32 Å². The number of rotatable bonds is 7. The van der Waals surface area contributed by atoms with Crippen molar-refractivity contribution in [3.05, 3.63) is 70.2 Å². The summed E-state index contributed by atoms with van der Waals surface area (Å²) in [6.07, 6.45) is 0. The van der Waals surface area contributed by atoms with Crippen LogP contribution in [0.1, 0.15) is 27.2 Å². The molecule has 2 heterocycles. The van der Waals surface area contributed by atoms with Gasteiger partial charge in [-0.05, 0) is 49.2 Å². The standard InChI is InChI=1S/C21H19N5OS3/c1-12-3-8-16(9-13(12)2)24-20-25-26-21(30-20)29-11-17-10-28-19(23-17)15-6-4-14(5-7-15)18(22)27/h3-10H,11H2,1-2H3,(H2,22,27)(H,24,25). The van der Waals surface area contributed by atoms with Gasteiger partial charge in [-0.2, -0.15) is 0 Å². The van der Waals surface area contributed by atoms with E-state index in [1.54, 1.807) is 35.2 Å². The first-order valence-electron chi connectivity index (χ1n) is 9.13. The molecule has 0 spiro atoms. The van der Waals surface area contributed by atoms with Crippen molar-refractivity contribution in [1.82, 2.24) is 15.2 Å². The number of benzene rings is 2. The summed E-state index contributed by atoms with van der Waals surface area (Å²) in [4.78, 5) is 15.9. The number of carbonyl (C=O) groups excluding carboxylic acids is 1. The van der Waals surface area contributed by atoms with Crippen LogP contribution >= 0.6 is 34.4 Å². The number of nitrogens with one attached hydrogen (secondary N) is 1.